The number of rotatable bonds is 14. The Kier molecular flexibility index (Phi) is 11.9. The molecule has 0 aliphatic rings. The van der Waals surface area contributed by atoms with Crippen molar-refractivity contribution in [1.82, 2.24) is 10.2 Å². The van der Waals surface area contributed by atoms with E-state index >= 15 is 0 Å². The first kappa shape index (κ1) is 31.5. The van der Waals surface area contributed by atoms with Crippen molar-refractivity contribution in [3.63, 3.8) is 0 Å². The predicted octanol–water partition coefficient (Wildman–Crippen LogP) is 5.95. The molecule has 0 saturated heterocycles. The second-order valence-electron chi connectivity index (χ2n) is 9.29. The van der Waals surface area contributed by atoms with Crippen LogP contribution in [0.3, 0.4) is 0 Å². The van der Waals surface area contributed by atoms with Crippen LogP contribution in [-0.4, -0.2) is 50.8 Å². The zero-order valence-corrected chi connectivity index (χ0v) is 25.1. The molecule has 3 rings (SSSR count). The number of anilines is 1. The minimum absolute atomic E-state index is 0.000900. The average molecular weight is 605 g/mol. The number of amides is 2. The Hall–Kier alpha value is -3.07. The molecule has 0 aliphatic carbocycles. The van der Waals surface area contributed by atoms with Crippen molar-refractivity contribution in [2.75, 3.05) is 23.9 Å². The molecule has 7 nitrogen and oxygen atoms in total. The lowest BCUT2D eigenvalue weighted by molar-refractivity contribution is -0.139. The van der Waals surface area contributed by atoms with E-state index < -0.39 is 28.5 Å². The number of nitrogens with zero attached hydrogens (tertiary/aromatic N) is 2. The third kappa shape index (κ3) is 7.99. The van der Waals surface area contributed by atoms with Crippen LogP contribution < -0.4 is 9.62 Å². The standard InChI is InChI=1S/C30H35Cl2N3O4S/c1-3-5-20-33-30(37)26(4-2)34(21-19-23-13-8-6-9-14-23)28(36)22-35(27-18-12-17-25(31)29(27)32)40(38,39)24-15-10-7-11-16-24/h6-18,26H,3-5,19-22H2,1-2H3,(H,33,37)/t26-/m1/s1. The molecule has 0 aromatic heterocycles. The normalized spacial score (nSPS) is 12.0. The lowest BCUT2D eigenvalue weighted by Crippen LogP contribution is -2.53. The van der Waals surface area contributed by atoms with Gasteiger partial charge in [-0.1, -0.05) is 98.1 Å². The molecular weight excluding hydrogens is 569 g/mol. The second-order valence-corrected chi connectivity index (χ2v) is 11.9. The van der Waals surface area contributed by atoms with Crippen LogP contribution in [0, 0.1) is 0 Å². The summed E-state index contributed by atoms with van der Waals surface area (Å²) in [6.07, 6.45) is 2.59. The van der Waals surface area contributed by atoms with E-state index in [1.165, 1.54) is 23.1 Å². The molecule has 2 amide bonds. The second kappa shape index (κ2) is 15.1. The number of halogens is 2. The Bertz CT molecular complexity index is 1370. The highest BCUT2D eigenvalue weighted by Crippen LogP contribution is 2.35. The number of unbranched alkanes of at least 4 members (excludes halogenated alkanes) is 1. The van der Waals surface area contributed by atoms with E-state index in [0.29, 0.717) is 19.4 Å². The molecule has 0 spiro atoms. The van der Waals surface area contributed by atoms with Gasteiger partial charge >= 0.3 is 0 Å². The third-order valence-corrected chi connectivity index (χ3v) is 9.09. The quantitative estimate of drug-likeness (QED) is 0.230. The summed E-state index contributed by atoms with van der Waals surface area (Å²) in [5, 5.41) is 3.09. The first-order valence-corrected chi connectivity index (χ1v) is 15.5. The van der Waals surface area contributed by atoms with Crippen molar-refractivity contribution in [1.29, 1.82) is 0 Å². The Balaban J connectivity index is 2.01. The van der Waals surface area contributed by atoms with Crippen LogP contribution in [0.1, 0.15) is 38.7 Å². The van der Waals surface area contributed by atoms with Crippen molar-refractivity contribution in [3.05, 3.63) is 94.5 Å². The van der Waals surface area contributed by atoms with E-state index in [1.807, 2.05) is 44.2 Å². The summed E-state index contributed by atoms with van der Waals surface area (Å²) in [6, 6.07) is 21.3. The molecule has 10 heteroatoms. The number of hydrogen-bond donors (Lipinski definition) is 1. The van der Waals surface area contributed by atoms with Crippen molar-refractivity contribution < 1.29 is 18.0 Å². The molecule has 0 heterocycles. The fraction of sp³-hybridized carbons (Fsp3) is 0.333. The smallest absolute Gasteiger partial charge is 0.264 e. The highest BCUT2D eigenvalue weighted by Gasteiger charge is 2.34. The van der Waals surface area contributed by atoms with Gasteiger partial charge in [-0.15, -0.1) is 0 Å². The van der Waals surface area contributed by atoms with Crippen LogP contribution in [0.2, 0.25) is 10.0 Å². The minimum Gasteiger partial charge on any atom is -0.354 e. The van der Waals surface area contributed by atoms with Crippen molar-refractivity contribution in [2.24, 2.45) is 0 Å². The molecule has 0 radical (unpaired) electrons. The topological polar surface area (TPSA) is 86.8 Å². The molecule has 0 aliphatic heterocycles. The number of nitrogens with one attached hydrogen (secondary N) is 1. The Labute approximate surface area is 247 Å². The van der Waals surface area contributed by atoms with Gasteiger partial charge in [-0.3, -0.25) is 13.9 Å². The molecule has 0 fully saturated rings. The number of carbonyl (C=O) groups is 2. The highest BCUT2D eigenvalue weighted by molar-refractivity contribution is 7.92. The largest absolute Gasteiger partial charge is 0.354 e. The number of benzene rings is 3. The number of hydrogen-bond acceptors (Lipinski definition) is 4. The Morgan fingerprint density at radius 2 is 1.55 bits per heavy atom. The fourth-order valence-corrected chi connectivity index (χ4v) is 6.21. The summed E-state index contributed by atoms with van der Waals surface area (Å²) < 4.78 is 28.7. The van der Waals surface area contributed by atoms with E-state index in [4.69, 9.17) is 23.2 Å². The molecule has 3 aromatic carbocycles. The molecule has 3 aromatic rings. The van der Waals surface area contributed by atoms with Gasteiger partial charge in [-0.05, 0) is 49.1 Å². The van der Waals surface area contributed by atoms with E-state index in [-0.39, 0.29) is 33.1 Å². The van der Waals surface area contributed by atoms with Crippen LogP contribution in [0.15, 0.2) is 83.8 Å². The molecule has 1 atom stereocenters. The first-order valence-electron chi connectivity index (χ1n) is 13.3. The monoisotopic (exact) mass is 603 g/mol. The molecule has 0 unspecified atom stereocenters. The van der Waals surface area contributed by atoms with Gasteiger partial charge in [-0.2, -0.15) is 0 Å². The lowest BCUT2D eigenvalue weighted by Gasteiger charge is -2.33. The summed E-state index contributed by atoms with van der Waals surface area (Å²) in [4.78, 5) is 28.7. The molecule has 40 heavy (non-hydrogen) atoms. The van der Waals surface area contributed by atoms with E-state index in [0.717, 1.165) is 22.7 Å². The van der Waals surface area contributed by atoms with Gasteiger partial charge in [0.1, 0.15) is 12.6 Å². The van der Waals surface area contributed by atoms with Gasteiger partial charge < -0.3 is 10.2 Å². The molecule has 214 valence electrons. The molecule has 0 bridgehead atoms. The van der Waals surface area contributed by atoms with E-state index in [2.05, 4.69) is 5.32 Å². The number of carbonyl (C=O) groups excluding carboxylic acids is 2. The van der Waals surface area contributed by atoms with Gasteiger partial charge in [0.05, 0.1) is 20.6 Å². The number of sulfonamides is 1. The van der Waals surface area contributed by atoms with E-state index in [9.17, 15) is 18.0 Å². The van der Waals surface area contributed by atoms with Crippen LogP contribution in [0.5, 0.6) is 0 Å². The van der Waals surface area contributed by atoms with Crippen molar-refractivity contribution in [3.8, 4) is 0 Å². The summed E-state index contributed by atoms with van der Waals surface area (Å²) in [6.45, 7) is 4.02. The average Bonchev–Trinajstić information content (AvgIpc) is 2.96. The minimum atomic E-state index is -4.22. The van der Waals surface area contributed by atoms with Crippen LogP contribution in [0.25, 0.3) is 0 Å². The van der Waals surface area contributed by atoms with Crippen molar-refractivity contribution >= 4 is 50.7 Å². The van der Waals surface area contributed by atoms with E-state index in [1.54, 1.807) is 30.3 Å². The zero-order chi connectivity index (χ0) is 29.1. The van der Waals surface area contributed by atoms with Crippen LogP contribution >= 0.6 is 23.2 Å². The van der Waals surface area contributed by atoms with Gasteiger partial charge in [0.2, 0.25) is 11.8 Å². The van der Waals surface area contributed by atoms with Gasteiger partial charge in [0.15, 0.2) is 0 Å². The summed E-state index contributed by atoms with van der Waals surface area (Å²) in [7, 11) is -4.22. The lowest BCUT2D eigenvalue weighted by atomic mass is 10.1. The van der Waals surface area contributed by atoms with Gasteiger partial charge in [-0.25, -0.2) is 8.42 Å². The Morgan fingerprint density at radius 3 is 2.17 bits per heavy atom. The molecular formula is C30H35Cl2N3O4S. The third-order valence-electron chi connectivity index (χ3n) is 6.51. The molecule has 1 N–H and O–H groups in total. The maximum Gasteiger partial charge on any atom is 0.264 e. The molecule has 0 saturated carbocycles. The maximum atomic E-state index is 14.0. The van der Waals surface area contributed by atoms with Gasteiger partial charge in [0, 0.05) is 13.1 Å². The highest BCUT2D eigenvalue weighted by atomic mass is 35.5. The predicted molar refractivity (Wildman–Crippen MR) is 161 cm³/mol. The fourth-order valence-electron chi connectivity index (χ4n) is 4.32. The summed E-state index contributed by atoms with van der Waals surface area (Å²) >= 11 is 12.7. The van der Waals surface area contributed by atoms with Crippen LogP contribution in [0.4, 0.5) is 5.69 Å². The zero-order valence-electron chi connectivity index (χ0n) is 22.7. The SMILES string of the molecule is CCCCNC(=O)[C@@H](CC)N(CCc1ccccc1)C(=O)CN(c1cccc(Cl)c1Cl)S(=O)(=O)c1ccccc1. The van der Waals surface area contributed by atoms with Gasteiger partial charge in [0.25, 0.3) is 10.0 Å². The van der Waals surface area contributed by atoms with Crippen LogP contribution in [-0.2, 0) is 26.0 Å². The first-order chi connectivity index (χ1) is 19.2. The Morgan fingerprint density at radius 1 is 0.900 bits per heavy atom. The van der Waals surface area contributed by atoms with Crippen molar-refractivity contribution in [2.45, 2.75) is 50.5 Å². The maximum absolute atomic E-state index is 14.0. The summed E-state index contributed by atoms with van der Waals surface area (Å²) in [5.74, 6) is -0.792. The summed E-state index contributed by atoms with van der Waals surface area (Å²) in [5.41, 5.74) is 1.07.